The lowest BCUT2D eigenvalue weighted by Crippen LogP contribution is -2.13. The van der Waals surface area contributed by atoms with Crippen LogP contribution in [-0.4, -0.2) is 10.9 Å². The first kappa shape index (κ1) is 20.2. The van der Waals surface area contributed by atoms with E-state index in [9.17, 15) is 4.79 Å². The van der Waals surface area contributed by atoms with Gasteiger partial charge >= 0.3 is 0 Å². The van der Waals surface area contributed by atoms with Crippen molar-refractivity contribution in [1.82, 2.24) is 4.98 Å². The number of rotatable bonds is 5. The maximum Gasteiger partial charge on any atom is 0.255 e. The molecule has 152 valence electrons. The molecule has 4 nitrogen and oxygen atoms in total. The maximum atomic E-state index is 12.7. The molecule has 1 atom stereocenters. The van der Waals surface area contributed by atoms with E-state index in [0.717, 1.165) is 28.6 Å². The molecule has 0 aliphatic heterocycles. The van der Waals surface area contributed by atoms with Gasteiger partial charge < -0.3 is 9.73 Å². The molecule has 4 aromatic rings. The van der Waals surface area contributed by atoms with Crippen LogP contribution in [0.25, 0.3) is 22.6 Å². The number of carbonyl (C=O) groups is 1. The summed E-state index contributed by atoms with van der Waals surface area (Å²) >= 11 is 6.34. The minimum Gasteiger partial charge on any atom is -0.436 e. The number of nitrogens with one attached hydrogen (secondary N) is 1. The van der Waals surface area contributed by atoms with E-state index in [0.29, 0.717) is 28.1 Å². The normalized spacial score (nSPS) is 12.1. The summed E-state index contributed by atoms with van der Waals surface area (Å²) in [6, 6.07) is 18.9. The zero-order valence-electron chi connectivity index (χ0n) is 17.2. The quantitative estimate of drug-likeness (QED) is 0.372. The number of anilines is 1. The second-order valence-electron chi connectivity index (χ2n) is 7.52. The van der Waals surface area contributed by atoms with E-state index in [1.54, 1.807) is 18.2 Å². The highest BCUT2D eigenvalue weighted by molar-refractivity contribution is 6.34. The van der Waals surface area contributed by atoms with E-state index >= 15 is 0 Å². The number of benzene rings is 3. The van der Waals surface area contributed by atoms with E-state index in [4.69, 9.17) is 16.0 Å². The summed E-state index contributed by atoms with van der Waals surface area (Å²) in [6.07, 6.45) is 1.07. The monoisotopic (exact) mass is 418 g/mol. The van der Waals surface area contributed by atoms with Crippen LogP contribution in [0.3, 0.4) is 0 Å². The van der Waals surface area contributed by atoms with Crippen molar-refractivity contribution in [3.63, 3.8) is 0 Å². The smallest absolute Gasteiger partial charge is 0.255 e. The Balaban J connectivity index is 1.66. The molecular formula is C25H23ClN2O2. The van der Waals surface area contributed by atoms with Gasteiger partial charge in [-0.05, 0) is 66.8 Å². The molecule has 30 heavy (non-hydrogen) atoms. The summed E-state index contributed by atoms with van der Waals surface area (Å²) in [4.78, 5) is 17.4. The highest BCUT2D eigenvalue weighted by atomic mass is 35.5. The van der Waals surface area contributed by atoms with Crippen molar-refractivity contribution in [3.8, 4) is 11.5 Å². The van der Waals surface area contributed by atoms with Crippen LogP contribution in [0.5, 0.6) is 0 Å². The molecule has 5 heteroatoms. The fourth-order valence-electron chi connectivity index (χ4n) is 3.38. The van der Waals surface area contributed by atoms with Crippen molar-refractivity contribution in [1.29, 1.82) is 0 Å². The van der Waals surface area contributed by atoms with E-state index in [1.165, 1.54) is 5.56 Å². The van der Waals surface area contributed by atoms with E-state index in [1.807, 2.05) is 37.3 Å². The Morgan fingerprint density at radius 2 is 1.93 bits per heavy atom. The Morgan fingerprint density at radius 1 is 1.13 bits per heavy atom. The zero-order valence-corrected chi connectivity index (χ0v) is 18.0. The van der Waals surface area contributed by atoms with Crippen LogP contribution < -0.4 is 5.32 Å². The van der Waals surface area contributed by atoms with Gasteiger partial charge in [-0.2, -0.15) is 0 Å². The number of nitrogens with zero attached hydrogens (tertiary/aromatic N) is 1. The molecule has 1 aromatic heterocycles. The number of fused-ring (bicyclic) bond motifs is 1. The molecule has 0 radical (unpaired) electrons. The topological polar surface area (TPSA) is 55.1 Å². The van der Waals surface area contributed by atoms with Gasteiger partial charge in [0, 0.05) is 11.1 Å². The lowest BCUT2D eigenvalue weighted by Gasteiger charge is -2.10. The molecule has 3 aromatic carbocycles. The van der Waals surface area contributed by atoms with E-state index in [-0.39, 0.29) is 5.91 Å². The summed E-state index contributed by atoms with van der Waals surface area (Å²) in [6.45, 7) is 6.27. The van der Waals surface area contributed by atoms with Crippen LogP contribution in [0, 0.1) is 6.92 Å². The fraction of sp³-hybridized carbons (Fsp3) is 0.200. The molecule has 1 unspecified atom stereocenters. The first-order chi connectivity index (χ1) is 14.5. The molecule has 0 aliphatic rings. The van der Waals surface area contributed by atoms with Crippen molar-refractivity contribution in [3.05, 3.63) is 82.4 Å². The number of oxazole rings is 1. The van der Waals surface area contributed by atoms with Gasteiger partial charge in [0.05, 0.1) is 10.7 Å². The number of hydrogen-bond donors (Lipinski definition) is 1. The standard InChI is InChI=1S/C25H23ClN2O2/c1-4-15(2)17-10-12-23-22(13-17)28-25(30-23)18-9-11-20(26)21(14-18)27-24(29)19-8-6-5-7-16(19)3/h5-15H,4H2,1-3H3,(H,27,29). The zero-order chi connectivity index (χ0) is 21.3. The van der Waals surface area contributed by atoms with Gasteiger partial charge in [0.25, 0.3) is 5.91 Å². The average molecular weight is 419 g/mol. The molecule has 1 heterocycles. The number of halogens is 1. The summed E-state index contributed by atoms with van der Waals surface area (Å²) in [5.41, 5.74) is 5.58. The largest absolute Gasteiger partial charge is 0.436 e. The van der Waals surface area contributed by atoms with Gasteiger partial charge in [0.1, 0.15) is 5.52 Å². The van der Waals surface area contributed by atoms with Crippen LogP contribution in [0.4, 0.5) is 5.69 Å². The van der Waals surface area contributed by atoms with Crippen molar-refractivity contribution < 1.29 is 9.21 Å². The number of carbonyl (C=O) groups excluding carboxylic acids is 1. The van der Waals surface area contributed by atoms with Gasteiger partial charge in [-0.25, -0.2) is 4.98 Å². The highest BCUT2D eigenvalue weighted by Crippen LogP contribution is 2.32. The van der Waals surface area contributed by atoms with Crippen molar-refractivity contribution >= 4 is 34.3 Å². The minimum absolute atomic E-state index is 0.206. The Bertz CT molecular complexity index is 1230. The molecule has 4 rings (SSSR count). The van der Waals surface area contributed by atoms with Crippen LogP contribution in [0.1, 0.15) is 47.7 Å². The van der Waals surface area contributed by atoms with Gasteiger partial charge in [0.2, 0.25) is 5.89 Å². The molecule has 0 saturated heterocycles. The molecule has 1 amide bonds. The predicted octanol–water partition coefficient (Wildman–Crippen LogP) is 7.22. The third-order valence-electron chi connectivity index (χ3n) is 5.44. The molecule has 1 N–H and O–H groups in total. The minimum atomic E-state index is -0.206. The number of aromatic nitrogens is 1. The number of aryl methyl sites for hydroxylation is 1. The molecule has 0 saturated carbocycles. The fourth-order valence-corrected chi connectivity index (χ4v) is 3.55. The average Bonchev–Trinajstić information content (AvgIpc) is 3.18. The van der Waals surface area contributed by atoms with Crippen LogP contribution in [0.15, 0.2) is 65.1 Å². The molecule has 0 spiro atoms. The highest BCUT2D eigenvalue weighted by Gasteiger charge is 2.15. The molecular weight excluding hydrogens is 396 g/mol. The molecule has 0 aliphatic carbocycles. The Morgan fingerprint density at radius 3 is 2.70 bits per heavy atom. The first-order valence-electron chi connectivity index (χ1n) is 10.0. The summed E-state index contributed by atoms with van der Waals surface area (Å²) in [7, 11) is 0. The number of amides is 1. The van der Waals surface area contributed by atoms with Crippen LogP contribution >= 0.6 is 11.6 Å². The predicted molar refractivity (Wildman–Crippen MR) is 122 cm³/mol. The van der Waals surface area contributed by atoms with E-state index < -0.39 is 0 Å². The Hall–Kier alpha value is -3.11. The van der Waals surface area contributed by atoms with Gasteiger partial charge in [-0.15, -0.1) is 0 Å². The summed E-state index contributed by atoms with van der Waals surface area (Å²) < 4.78 is 5.96. The third-order valence-corrected chi connectivity index (χ3v) is 5.77. The lowest BCUT2D eigenvalue weighted by molar-refractivity contribution is 0.102. The SMILES string of the molecule is CCC(C)c1ccc2oc(-c3ccc(Cl)c(NC(=O)c4ccccc4C)c3)nc2c1. The Kier molecular flexibility index (Phi) is 5.60. The third kappa shape index (κ3) is 3.96. The van der Waals surface area contributed by atoms with Crippen LogP contribution in [-0.2, 0) is 0 Å². The number of hydrogen-bond acceptors (Lipinski definition) is 3. The van der Waals surface area contributed by atoms with Crippen molar-refractivity contribution in [2.24, 2.45) is 0 Å². The van der Waals surface area contributed by atoms with Gasteiger partial charge in [0.15, 0.2) is 5.58 Å². The maximum absolute atomic E-state index is 12.7. The second kappa shape index (κ2) is 8.33. The molecule has 0 bridgehead atoms. The summed E-state index contributed by atoms with van der Waals surface area (Å²) in [5.74, 6) is 0.755. The van der Waals surface area contributed by atoms with Gasteiger partial charge in [-0.1, -0.05) is 49.7 Å². The molecule has 0 fully saturated rings. The first-order valence-corrected chi connectivity index (χ1v) is 10.4. The van der Waals surface area contributed by atoms with Gasteiger partial charge in [-0.3, -0.25) is 4.79 Å². The second-order valence-corrected chi connectivity index (χ2v) is 7.93. The lowest BCUT2D eigenvalue weighted by atomic mass is 9.98. The van der Waals surface area contributed by atoms with E-state index in [2.05, 4.69) is 36.3 Å². The van der Waals surface area contributed by atoms with Crippen molar-refractivity contribution in [2.75, 3.05) is 5.32 Å². The van der Waals surface area contributed by atoms with Crippen LogP contribution in [0.2, 0.25) is 5.02 Å². The van der Waals surface area contributed by atoms with Crippen molar-refractivity contribution in [2.45, 2.75) is 33.1 Å². The Labute approximate surface area is 180 Å². The summed E-state index contributed by atoms with van der Waals surface area (Å²) in [5, 5.41) is 3.36.